The zero-order valence-electron chi connectivity index (χ0n) is 9.97. The van der Waals surface area contributed by atoms with Crippen LogP contribution in [0.1, 0.15) is 5.56 Å². The van der Waals surface area contributed by atoms with E-state index in [0.29, 0.717) is 5.56 Å². The first-order chi connectivity index (χ1) is 8.88. The molecule has 2 aromatic carbocycles. The fourth-order valence-corrected chi connectivity index (χ4v) is 2.33. The average Bonchev–Trinajstić information content (AvgIpc) is 2.45. The van der Waals surface area contributed by atoms with Crippen LogP contribution in [0.4, 0.5) is 5.69 Å². The minimum absolute atomic E-state index is 0.694. The summed E-state index contributed by atoms with van der Waals surface area (Å²) in [5.74, 6) is 1.02. The highest BCUT2D eigenvalue weighted by atomic mass is 32.2. The van der Waals surface area contributed by atoms with E-state index in [1.54, 1.807) is 0 Å². The standard InChI is InChI=1S/C15H14N2S/c16-12-13-6-8-14(9-7-13)17-10-11-18-15-4-2-1-3-5-15/h1-9,17H,10-11H2. The maximum Gasteiger partial charge on any atom is 0.0991 e. The van der Waals surface area contributed by atoms with Crippen molar-refractivity contribution in [2.45, 2.75) is 4.90 Å². The van der Waals surface area contributed by atoms with Crippen LogP contribution in [-0.4, -0.2) is 12.3 Å². The summed E-state index contributed by atoms with van der Waals surface area (Å²) < 4.78 is 0. The molecule has 0 heterocycles. The Hall–Kier alpha value is -1.92. The zero-order chi connectivity index (χ0) is 12.6. The highest BCUT2D eigenvalue weighted by Crippen LogP contribution is 2.16. The second kappa shape index (κ2) is 6.73. The van der Waals surface area contributed by atoms with Gasteiger partial charge in [0.1, 0.15) is 0 Å². The fourth-order valence-electron chi connectivity index (χ4n) is 1.54. The van der Waals surface area contributed by atoms with Crippen molar-refractivity contribution in [1.82, 2.24) is 0 Å². The quantitative estimate of drug-likeness (QED) is 0.652. The molecule has 2 aromatic rings. The molecule has 2 rings (SSSR count). The Morgan fingerprint density at radius 2 is 1.72 bits per heavy atom. The van der Waals surface area contributed by atoms with Crippen LogP contribution in [-0.2, 0) is 0 Å². The van der Waals surface area contributed by atoms with Gasteiger partial charge in [0.2, 0.25) is 0 Å². The van der Waals surface area contributed by atoms with Crippen molar-refractivity contribution in [2.24, 2.45) is 0 Å². The van der Waals surface area contributed by atoms with Gasteiger partial charge in [-0.3, -0.25) is 0 Å². The van der Waals surface area contributed by atoms with E-state index in [2.05, 4.69) is 35.7 Å². The number of thioether (sulfide) groups is 1. The van der Waals surface area contributed by atoms with Crippen molar-refractivity contribution in [1.29, 1.82) is 5.26 Å². The van der Waals surface area contributed by atoms with Gasteiger partial charge in [0.25, 0.3) is 0 Å². The second-order valence-electron chi connectivity index (χ2n) is 3.78. The Balaban J connectivity index is 1.74. The zero-order valence-corrected chi connectivity index (χ0v) is 10.8. The molecule has 0 aromatic heterocycles. The molecule has 2 nitrogen and oxygen atoms in total. The van der Waals surface area contributed by atoms with Crippen LogP contribution in [0.5, 0.6) is 0 Å². The number of rotatable bonds is 5. The van der Waals surface area contributed by atoms with Gasteiger partial charge < -0.3 is 5.32 Å². The third kappa shape index (κ3) is 3.83. The van der Waals surface area contributed by atoms with E-state index in [4.69, 9.17) is 5.26 Å². The highest BCUT2D eigenvalue weighted by Gasteiger charge is 1.94. The second-order valence-corrected chi connectivity index (χ2v) is 4.95. The highest BCUT2D eigenvalue weighted by molar-refractivity contribution is 7.99. The number of hydrogen-bond donors (Lipinski definition) is 1. The van der Waals surface area contributed by atoms with E-state index in [-0.39, 0.29) is 0 Å². The van der Waals surface area contributed by atoms with Crippen molar-refractivity contribution < 1.29 is 0 Å². The minimum atomic E-state index is 0.694. The number of benzene rings is 2. The molecule has 18 heavy (non-hydrogen) atoms. The SMILES string of the molecule is N#Cc1ccc(NCCSc2ccccc2)cc1. The summed E-state index contributed by atoms with van der Waals surface area (Å²) in [6.07, 6.45) is 0. The summed E-state index contributed by atoms with van der Waals surface area (Å²) in [5.41, 5.74) is 1.75. The maximum atomic E-state index is 8.69. The van der Waals surface area contributed by atoms with E-state index in [0.717, 1.165) is 18.0 Å². The van der Waals surface area contributed by atoms with E-state index < -0.39 is 0 Å². The summed E-state index contributed by atoms with van der Waals surface area (Å²) in [5, 5.41) is 12.0. The number of nitrogens with one attached hydrogen (secondary N) is 1. The molecule has 1 N–H and O–H groups in total. The van der Waals surface area contributed by atoms with E-state index >= 15 is 0 Å². The largest absolute Gasteiger partial charge is 0.384 e. The molecule has 0 radical (unpaired) electrons. The molecule has 0 saturated heterocycles. The Bertz CT molecular complexity index is 514. The summed E-state index contributed by atoms with van der Waals surface area (Å²) in [6.45, 7) is 0.908. The summed E-state index contributed by atoms with van der Waals surface area (Å²) in [7, 11) is 0. The third-order valence-electron chi connectivity index (χ3n) is 2.46. The van der Waals surface area contributed by atoms with Crippen LogP contribution < -0.4 is 5.32 Å². The van der Waals surface area contributed by atoms with Crippen LogP contribution in [0, 0.1) is 11.3 Å². The van der Waals surface area contributed by atoms with Crippen LogP contribution in [0.3, 0.4) is 0 Å². The van der Waals surface area contributed by atoms with Crippen molar-refractivity contribution >= 4 is 17.4 Å². The topological polar surface area (TPSA) is 35.8 Å². The molecule has 0 amide bonds. The summed E-state index contributed by atoms with van der Waals surface area (Å²) >= 11 is 1.83. The molecular formula is C15H14N2S. The van der Waals surface area contributed by atoms with Gasteiger partial charge in [-0.2, -0.15) is 5.26 Å². The average molecular weight is 254 g/mol. The number of anilines is 1. The van der Waals surface area contributed by atoms with E-state index in [1.807, 2.05) is 42.1 Å². The monoisotopic (exact) mass is 254 g/mol. The minimum Gasteiger partial charge on any atom is -0.384 e. The molecule has 0 fully saturated rings. The van der Waals surface area contributed by atoms with Gasteiger partial charge in [0.05, 0.1) is 11.6 Å². The Morgan fingerprint density at radius 3 is 2.39 bits per heavy atom. The molecule has 0 atom stereocenters. The first-order valence-electron chi connectivity index (χ1n) is 5.80. The number of nitrogens with zero attached hydrogens (tertiary/aromatic N) is 1. The van der Waals surface area contributed by atoms with Crippen molar-refractivity contribution in [3.63, 3.8) is 0 Å². The van der Waals surface area contributed by atoms with Crippen molar-refractivity contribution in [3.05, 3.63) is 60.2 Å². The molecule has 0 spiro atoms. The molecule has 0 saturated carbocycles. The van der Waals surface area contributed by atoms with Gasteiger partial charge >= 0.3 is 0 Å². The van der Waals surface area contributed by atoms with Gasteiger partial charge in [0, 0.05) is 22.9 Å². The molecule has 0 unspecified atom stereocenters. The first-order valence-corrected chi connectivity index (χ1v) is 6.79. The normalized spacial score (nSPS) is 9.72. The van der Waals surface area contributed by atoms with E-state index in [1.165, 1.54) is 4.90 Å². The van der Waals surface area contributed by atoms with Crippen LogP contribution in [0.25, 0.3) is 0 Å². The molecule has 3 heteroatoms. The lowest BCUT2D eigenvalue weighted by atomic mass is 10.2. The smallest absolute Gasteiger partial charge is 0.0991 e. The predicted molar refractivity (Wildman–Crippen MR) is 76.8 cm³/mol. The Kier molecular flexibility index (Phi) is 4.68. The third-order valence-corrected chi connectivity index (χ3v) is 3.47. The molecule has 0 aliphatic carbocycles. The molecule has 0 bridgehead atoms. The molecule has 90 valence electrons. The van der Waals surface area contributed by atoms with Crippen molar-refractivity contribution in [3.8, 4) is 6.07 Å². The van der Waals surface area contributed by atoms with Gasteiger partial charge in [-0.1, -0.05) is 18.2 Å². The molecular weight excluding hydrogens is 240 g/mol. The maximum absolute atomic E-state index is 8.69. The lowest BCUT2D eigenvalue weighted by Crippen LogP contribution is -2.03. The van der Waals surface area contributed by atoms with Crippen LogP contribution in [0.15, 0.2) is 59.5 Å². The van der Waals surface area contributed by atoms with Crippen LogP contribution >= 0.6 is 11.8 Å². The van der Waals surface area contributed by atoms with Gasteiger partial charge in [-0.25, -0.2) is 0 Å². The molecule has 0 aliphatic rings. The van der Waals surface area contributed by atoms with Crippen molar-refractivity contribution in [2.75, 3.05) is 17.6 Å². The van der Waals surface area contributed by atoms with E-state index in [9.17, 15) is 0 Å². The lowest BCUT2D eigenvalue weighted by Gasteiger charge is -2.06. The van der Waals surface area contributed by atoms with Gasteiger partial charge in [-0.15, -0.1) is 11.8 Å². The van der Waals surface area contributed by atoms with Crippen LogP contribution in [0.2, 0.25) is 0 Å². The molecule has 0 aliphatic heterocycles. The lowest BCUT2D eigenvalue weighted by molar-refractivity contribution is 1.22. The predicted octanol–water partition coefficient (Wildman–Crippen LogP) is 3.76. The Morgan fingerprint density at radius 1 is 1.00 bits per heavy atom. The Labute approximate surface area is 112 Å². The van der Waals surface area contributed by atoms with Gasteiger partial charge in [0.15, 0.2) is 0 Å². The first kappa shape index (κ1) is 12.5. The van der Waals surface area contributed by atoms with Gasteiger partial charge in [-0.05, 0) is 36.4 Å². The number of hydrogen-bond acceptors (Lipinski definition) is 3. The number of nitriles is 1. The summed E-state index contributed by atoms with van der Waals surface area (Å²) in [6, 6.07) is 20.0. The fraction of sp³-hybridized carbons (Fsp3) is 0.133. The summed E-state index contributed by atoms with van der Waals surface area (Å²) in [4.78, 5) is 1.29.